The SMILES string of the molecule is CN(C(=O)CN1C(=O)NC(C)(c2ccc(Cl)cc2)C1=O)C1CC1. The average Bonchev–Trinajstić information content (AvgIpc) is 3.32. The first-order valence-electron chi connectivity index (χ1n) is 7.49. The first-order valence-corrected chi connectivity index (χ1v) is 7.86. The van der Waals surface area contributed by atoms with Crippen LogP contribution in [0.2, 0.25) is 5.02 Å². The second-order valence-electron chi connectivity index (χ2n) is 6.19. The van der Waals surface area contributed by atoms with E-state index in [1.54, 1.807) is 43.1 Å². The lowest BCUT2D eigenvalue weighted by Gasteiger charge is -2.23. The number of nitrogens with zero attached hydrogens (tertiary/aromatic N) is 2. The molecule has 1 atom stereocenters. The van der Waals surface area contributed by atoms with Crippen molar-refractivity contribution in [3.05, 3.63) is 34.9 Å². The van der Waals surface area contributed by atoms with Crippen LogP contribution in [-0.4, -0.2) is 47.3 Å². The van der Waals surface area contributed by atoms with Crippen molar-refractivity contribution in [1.29, 1.82) is 0 Å². The lowest BCUT2D eigenvalue weighted by molar-refractivity contribution is -0.138. The number of imide groups is 1. The first kappa shape index (κ1) is 15.8. The molecule has 6 nitrogen and oxygen atoms in total. The number of hydrogen-bond acceptors (Lipinski definition) is 3. The molecule has 1 N–H and O–H groups in total. The van der Waals surface area contributed by atoms with Crippen molar-refractivity contribution < 1.29 is 14.4 Å². The minimum atomic E-state index is -1.18. The van der Waals surface area contributed by atoms with E-state index in [0.717, 1.165) is 17.7 Å². The molecule has 0 radical (unpaired) electrons. The van der Waals surface area contributed by atoms with Crippen molar-refractivity contribution in [2.75, 3.05) is 13.6 Å². The molecule has 1 heterocycles. The molecule has 1 saturated carbocycles. The fraction of sp³-hybridized carbons (Fsp3) is 0.438. The van der Waals surface area contributed by atoms with Gasteiger partial charge >= 0.3 is 6.03 Å². The maximum absolute atomic E-state index is 12.7. The van der Waals surface area contributed by atoms with Gasteiger partial charge in [0.15, 0.2) is 0 Å². The van der Waals surface area contributed by atoms with Crippen molar-refractivity contribution in [3.8, 4) is 0 Å². The Kier molecular flexibility index (Phi) is 3.80. The van der Waals surface area contributed by atoms with Gasteiger partial charge in [-0.3, -0.25) is 14.5 Å². The Balaban J connectivity index is 1.79. The van der Waals surface area contributed by atoms with Crippen molar-refractivity contribution in [2.24, 2.45) is 0 Å². The van der Waals surface area contributed by atoms with Crippen molar-refractivity contribution in [1.82, 2.24) is 15.1 Å². The van der Waals surface area contributed by atoms with Gasteiger partial charge in [0, 0.05) is 18.1 Å². The third kappa shape index (κ3) is 2.79. The quantitative estimate of drug-likeness (QED) is 0.852. The number of carbonyl (C=O) groups excluding carboxylic acids is 3. The second-order valence-corrected chi connectivity index (χ2v) is 6.63. The summed E-state index contributed by atoms with van der Waals surface area (Å²) >= 11 is 5.86. The molecule has 1 aliphatic heterocycles. The Labute approximate surface area is 139 Å². The molecule has 0 spiro atoms. The van der Waals surface area contributed by atoms with Crippen LogP contribution in [-0.2, 0) is 15.1 Å². The van der Waals surface area contributed by atoms with Gasteiger partial charge in [0.1, 0.15) is 12.1 Å². The van der Waals surface area contributed by atoms with Gasteiger partial charge in [0.05, 0.1) is 0 Å². The molecular weight excluding hydrogens is 318 g/mol. The number of rotatable bonds is 4. The molecular formula is C16H18ClN3O3. The van der Waals surface area contributed by atoms with E-state index in [2.05, 4.69) is 5.32 Å². The predicted molar refractivity (Wildman–Crippen MR) is 84.8 cm³/mol. The molecule has 3 rings (SSSR count). The van der Waals surface area contributed by atoms with Crippen molar-refractivity contribution in [3.63, 3.8) is 0 Å². The number of urea groups is 1. The molecule has 1 saturated heterocycles. The van der Waals surface area contributed by atoms with Gasteiger partial charge in [0.2, 0.25) is 5.91 Å². The lowest BCUT2D eigenvalue weighted by atomic mass is 9.92. The molecule has 0 aromatic heterocycles. The standard InChI is InChI=1S/C16H18ClN3O3/c1-16(10-3-5-11(17)6-4-10)14(22)20(15(23)18-16)9-13(21)19(2)12-7-8-12/h3-6,12H,7-9H2,1-2H3,(H,18,23). The summed E-state index contributed by atoms with van der Waals surface area (Å²) in [6.45, 7) is 1.40. The maximum atomic E-state index is 12.7. The number of hydrogen-bond donors (Lipinski definition) is 1. The number of amides is 4. The molecule has 2 fully saturated rings. The maximum Gasteiger partial charge on any atom is 0.325 e. The minimum absolute atomic E-state index is 0.226. The Morgan fingerprint density at radius 3 is 2.52 bits per heavy atom. The molecule has 1 aliphatic carbocycles. The number of halogens is 1. The molecule has 0 bridgehead atoms. The van der Waals surface area contributed by atoms with Gasteiger partial charge in [-0.1, -0.05) is 23.7 Å². The zero-order valence-electron chi connectivity index (χ0n) is 13.0. The van der Waals surface area contributed by atoms with E-state index in [4.69, 9.17) is 11.6 Å². The van der Waals surface area contributed by atoms with Gasteiger partial charge in [-0.15, -0.1) is 0 Å². The van der Waals surface area contributed by atoms with Crippen LogP contribution in [0.5, 0.6) is 0 Å². The van der Waals surface area contributed by atoms with Gasteiger partial charge in [-0.2, -0.15) is 0 Å². The lowest BCUT2D eigenvalue weighted by Crippen LogP contribution is -2.44. The number of likely N-dealkylation sites (N-methyl/N-ethyl adjacent to an activating group) is 1. The third-order valence-corrected chi connectivity index (χ3v) is 4.73. The van der Waals surface area contributed by atoms with Crippen LogP contribution in [0.15, 0.2) is 24.3 Å². The number of nitrogens with one attached hydrogen (secondary N) is 1. The monoisotopic (exact) mass is 335 g/mol. The molecule has 1 aromatic rings. The van der Waals surface area contributed by atoms with E-state index in [0.29, 0.717) is 10.6 Å². The summed E-state index contributed by atoms with van der Waals surface area (Å²) in [6.07, 6.45) is 1.95. The molecule has 1 unspecified atom stereocenters. The van der Waals surface area contributed by atoms with Crippen LogP contribution >= 0.6 is 11.6 Å². The fourth-order valence-electron chi connectivity index (χ4n) is 2.73. The molecule has 7 heteroatoms. The molecule has 122 valence electrons. The summed E-state index contributed by atoms with van der Waals surface area (Å²) in [6, 6.07) is 6.41. The smallest absolute Gasteiger partial charge is 0.325 e. The van der Waals surface area contributed by atoms with Gasteiger partial charge in [-0.25, -0.2) is 4.79 Å². The largest absolute Gasteiger partial charge is 0.341 e. The Morgan fingerprint density at radius 2 is 1.96 bits per heavy atom. The Morgan fingerprint density at radius 1 is 1.35 bits per heavy atom. The highest BCUT2D eigenvalue weighted by atomic mass is 35.5. The van der Waals surface area contributed by atoms with Gasteiger partial charge in [0.25, 0.3) is 5.91 Å². The van der Waals surface area contributed by atoms with Crippen LogP contribution in [0, 0.1) is 0 Å². The molecule has 23 heavy (non-hydrogen) atoms. The molecule has 1 aromatic carbocycles. The summed E-state index contributed by atoms with van der Waals surface area (Å²) in [5, 5.41) is 3.23. The van der Waals surface area contributed by atoms with E-state index in [9.17, 15) is 14.4 Å². The molecule has 2 aliphatic rings. The highest BCUT2D eigenvalue weighted by molar-refractivity contribution is 6.30. The van der Waals surface area contributed by atoms with Crippen molar-refractivity contribution >= 4 is 29.4 Å². The van der Waals surface area contributed by atoms with E-state index in [1.165, 1.54) is 0 Å². The number of carbonyl (C=O) groups is 3. The van der Waals surface area contributed by atoms with Crippen LogP contribution < -0.4 is 5.32 Å². The van der Waals surface area contributed by atoms with E-state index >= 15 is 0 Å². The van der Waals surface area contributed by atoms with Crippen LogP contribution in [0.1, 0.15) is 25.3 Å². The Bertz CT molecular complexity index is 672. The second kappa shape index (κ2) is 5.53. The summed E-state index contributed by atoms with van der Waals surface area (Å²) < 4.78 is 0. The summed E-state index contributed by atoms with van der Waals surface area (Å²) in [5.74, 6) is -0.654. The van der Waals surface area contributed by atoms with Crippen molar-refractivity contribution in [2.45, 2.75) is 31.3 Å². The van der Waals surface area contributed by atoms with Crippen LogP contribution in [0.4, 0.5) is 4.79 Å². The number of benzene rings is 1. The summed E-state index contributed by atoms with van der Waals surface area (Å²) in [4.78, 5) is 39.7. The van der Waals surface area contributed by atoms with E-state index in [-0.39, 0.29) is 18.5 Å². The fourth-order valence-corrected chi connectivity index (χ4v) is 2.86. The van der Waals surface area contributed by atoms with E-state index in [1.807, 2.05) is 0 Å². The zero-order chi connectivity index (χ0) is 16.8. The minimum Gasteiger partial charge on any atom is -0.341 e. The predicted octanol–water partition coefficient (Wildman–Crippen LogP) is 1.73. The molecule has 4 amide bonds. The van der Waals surface area contributed by atoms with Gasteiger partial charge in [-0.05, 0) is 37.5 Å². The zero-order valence-corrected chi connectivity index (χ0v) is 13.8. The topological polar surface area (TPSA) is 69.7 Å². The average molecular weight is 336 g/mol. The Hall–Kier alpha value is -2.08. The summed E-state index contributed by atoms with van der Waals surface area (Å²) in [5.41, 5.74) is -0.550. The first-order chi connectivity index (χ1) is 10.8. The van der Waals surface area contributed by atoms with Crippen LogP contribution in [0.25, 0.3) is 0 Å². The highest BCUT2D eigenvalue weighted by Crippen LogP contribution is 2.30. The van der Waals surface area contributed by atoms with Crippen LogP contribution in [0.3, 0.4) is 0 Å². The highest BCUT2D eigenvalue weighted by Gasteiger charge is 2.49. The third-order valence-electron chi connectivity index (χ3n) is 4.48. The van der Waals surface area contributed by atoms with Gasteiger partial charge < -0.3 is 10.2 Å². The normalized spacial score (nSPS) is 23.9. The van der Waals surface area contributed by atoms with E-state index < -0.39 is 17.5 Å². The summed E-state index contributed by atoms with van der Waals surface area (Å²) in [7, 11) is 1.71.